The molecule has 3 aromatic rings. The van der Waals surface area contributed by atoms with Crippen molar-refractivity contribution in [2.24, 2.45) is 11.3 Å². The van der Waals surface area contributed by atoms with Crippen LogP contribution in [0.4, 0.5) is 10.2 Å². The number of nitrogens with one attached hydrogen (secondary N) is 2. The van der Waals surface area contributed by atoms with Crippen LogP contribution in [0.15, 0.2) is 30.6 Å². The van der Waals surface area contributed by atoms with Gasteiger partial charge in [-0.05, 0) is 36.6 Å². The fourth-order valence-electron chi connectivity index (χ4n) is 4.81. The molecule has 2 aliphatic carbocycles. The van der Waals surface area contributed by atoms with Crippen LogP contribution in [0.3, 0.4) is 0 Å². The lowest BCUT2D eigenvalue weighted by Gasteiger charge is -2.23. The Bertz CT molecular complexity index is 1280. The lowest BCUT2D eigenvalue weighted by Crippen LogP contribution is -2.41. The molecule has 1 amide bonds. The SMILES string of the molecule is CNC(=O)[C@]12CC1[C@@H](n1cnc3c(NC)nc(C#Cc4ccc(F)cc4)nc31)C(O)[C@@H]2O. The number of aliphatic hydroxyl groups excluding tert-OH is 2. The highest BCUT2D eigenvalue weighted by atomic mass is 19.1. The Labute approximate surface area is 182 Å². The van der Waals surface area contributed by atoms with Crippen LogP contribution in [-0.2, 0) is 4.79 Å². The zero-order valence-electron chi connectivity index (χ0n) is 17.4. The number of carbonyl (C=O) groups excluding carboxylic acids is 1. The molecule has 4 N–H and O–H groups in total. The quantitative estimate of drug-likeness (QED) is 0.439. The molecule has 0 bridgehead atoms. The molecule has 32 heavy (non-hydrogen) atoms. The molecule has 5 atom stereocenters. The molecule has 9 nitrogen and oxygen atoms in total. The van der Waals surface area contributed by atoms with Crippen LogP contribution in [-0.4, -0.2) is 61.9 Å². The van der Waals surface area contributed by atoms with E-state index in [2.05, 4.69) is 37.4 Å². The van der Waals surface area contributed by atoms with Crippen molar-refractivity contribution in [3.05, 3.63) is 47.8 Å². The first-order valence-corrected chi connectivity index (χ1v) is 10.2. The van der Waals surface area contributed by atoms with Gasteiger partial charge < -0.3 is 25.4 Å². The Morgan fingerprint density at radius 1 is 1.22 bits per heavy atom. The van der Waals surface area contributed by atoms with Gasteiger partial charge in [0.15, 0.2) is 17.0 Å². The maximum absolute atomic E-state index is 13.1. The van der Waals surface area contributed by atoms with Gasteiger partial charge in [0.25, 0.3) is 0 Å². The summed E-state index contributed by atoms with van der Waals surface area (Å²) in [6.45, 7) is 0. The third-order valence-corrected chi connectivity index (χ3v) is 6.46. The Kier molecular flexibility index (Phi) is 4.62. The minimum Gasteiger partial charge on any atom is -0.389 e. The molecule has 0 spiro atoms. The van der Waals surface area contributed by atoms with Gasteiger partial charge in [0.2, 0.25) is 11.7 Å². The topological polar surface area (TPSA) is 125 Å². The molecule has 10 heteroatoms. The number of aromatic nitrogens is 4. The number of halogens is 1. The van der Waals surface area contributed by atoms with Crippen molar-refractivity contribution in [2.75, 3.05) is 19.4 Å². The summed E-state index contributed by atoms with van der Waals surface area (Å²) in [5.41, 5.74) is 0.528. The number of carbonyl (C=O) groups is 1. The van der Waals surface area contributed by atoms with E-state index in [0.717, 1.165) is 0 Å². The van der Waals surface area contributed by atoms with E-state index in [-0.39, 0.29) is 23.5 Å². The van der Waals surface area contributed by atoms with E-state index in [0.29, 0.717) is 29.0 Å². The highest BCUT2D eigenvalue weighted by Gasteiger charge is 2.75. The second-order valence-electron chi connectivity index (χ2n) is 8.08. The zero-order valence-corrected chi connectivity index (χ0v) is 17.4. The Morgan fingerprint density at radius 3 is 2.66 bits per heavy atom. The second kappa shape index (κ2) is 7.25. The summed E-state index contributed by atoms with van der Waals surface area (Å²) in [6, 6.07) is 5.20. The number of amides is 1. The number of hydrogen-bond donors (Lipinski definition) is 4. The molecular weight excluding hydrogens is 415 g/mol. The van der Waals surface area contributed by atoms with E-state index in [4.69, 9.17) is 0 Å². The number of benzene rings is 1. The largest absolute Gasteiger partial charge is 0.389 e. The predicted molar refractivity (Wildman–Crippen MR) is 113 cm³/mol. The number of aliphatic hydroxyl groups is 2. The minimum atomic E-state index is -1.18. The maximum atomic E-state index is 13.1. The van der Waals surface area contributed by atoms with Crippen LogP contribution in [0.2, 0.25) is 0 Å². The third-order valence-electron chi connectivity index (χ3n) is 6.46. The monoisotopic (exact) mass is 436 g/mol. The molecule has 0 radical (unpaired) electrons. The van der Waals surface area contributed by atoms with Gasteiger partial charge in [-0.3, -0.25) is 4.79 Å². The number of anilines is 1. The van der Waals surface area contributed by atoms with Crippen LogP contribution in [0, 0.1) is 29.0 Å². The van der Waals surface area contributed by atoms with Crippen molar-refractivity contribution >= 4 is 22.9 Å². The van der Waals surface area contributed by atoms with Crippen molar-refractivity contribution in [1.82, 2.24) is 24.8 Å². The van der Waals surface area contributed by atoms with Gasteiger partial charge in [-0.1, -0.05) is 5.92 Å². The van der Waals surface area contributed by atoms with Gasteiger partial charge in [-0.15, -0.1) is 0 Å². The summed E-state index contributed by atoms with van der Waals surface area (Å²) in [5.74, 6) is 5.59. The molecule has 0 aliphatic heterocycles. The maximum Gasteiger partial charge on any atom is 0.229 e. The second-order valence-corrected chi connectivity index (χ2v) is 8.08. The molecular formula is C22H21FN6O3. The lowest BCUT2D eigenvalue weighted by molar-refractivity contribution is -0.132. The van der Waals surface area contributed by atoms with Crippen LogP contribution < -0.4 is 10.6 Å². The zero-order chi connectivity index (χ0) is 22.6. The average Bonchev–Trinajstić information content (AvgIpc) is 3.34. The van der Waals surface area contributed by atoms with Crippen LogP contribution >= 0.6 is 0 Å². The summed E-state index contributed by atoms with van der Waals surface area (Å²) in [7, 11) is 3.22. The van der Waals surface area contributed by atoms with Crippen LogP contribution in [0.5, 0.6) is 0 Å². The average molecular weight is 436 g/mol. The van der Waals surface area contributed by atoms with E-state index in [1.54, 1.807) is 23.7 Å². The number of imidazole rings is 1. The Balaban J connectivity index is 1.57. The number of nitrogens with zero attached hydrogens (tertiary/aromatic N) is 4. The van der Waals surface area contributed by atoms with Crippen molar-refractivity contribution in [2.45, 2.75) is 24.7 Å². The summed E-state index contributed by atoms with van der Waals surface area (Å²) < 4.78 is 14.8. The standard InChI is InChI=1S/C22H21FN6O3/c1-24-19-15-20(28-14(27-19)8-5-11-3-6-12(23)7-4-11)29(10-26-15)16-13-9-22(13,21(32)25-2)18(31)17(16)30/h3-4,6-7,10,13,16-18,30-31H,9H2,1-2H3,(H,25,32)(H,24,27,28)/t13?,16-,17?,18+,22-/m1/s1. The smallest absolute Gasteiger partial charge is 0.229 e. The van der Waals surface area contributed by atoms with Crippen molar-refractivity contribution < 1.29 is 19.4 Å². The first-order chi connectivity index (χ1) is 15.4. The van der Waals surface area contributed by atoms with Gasteiger partial charge in [0, 0.05) is 25.6 Å². The van der Waals surface area contributed by atoms with Crippen molar-refractivity contribution in [3.63, 3.8) is 0 Å². The summed E-state index contributed by atoms with van der Waals surface area (Å²) in [6.07, 6.45) is -0.324. The minimum absolute atomic E-state index is 0.217. The Hall–Kier alpha value is -3.55. The van der Waals surface area contributed by atoms with Crippen LogP contribution in [0.1, 0.15) is 23.9 Å². The van der Waals surface area contributed by atoms with E-state index in [1.165, 1.54) is 25.5 Å². The summed E-state index contributed by atoms with van der Waals surface area (Å²) >= 11 is 0. The van der Waals surface area contributed by atoms with Gasteiger partial charge in [0.1, 0.15) is 11.9 Å². The molecule has 2 unspecified atom stereocenters. The lowest BCUT2D eigenvalue weighted by atomic mass is 9.98. The number of rotatable bonds is 3. The molecule has 2 saturated carbocycles. The number of fused-ring (bicyclic) bond motifs is 2. The molecule has 2 aliphatic rings. The van der Waals surface area contributed by atoms with Crippen LogP contribution in [0.25, 0.3) is 11.2 Å². The molecule has 5 rings (SSSR count). The molecule has 2 heterocycles. The van der Waals surface area contributed by atoms with Crippen molar-refractivity contribution in [3.8, 4) is 11.8 Å². The first-order valence-electron chi connectivity index (χ1n) is 10.2. The van der Waals surface area contributed by atoms with E-state index >= 15 is 0 Å². The summed E-state index contributed by atoms with van der Waals surface area (Å²) in [4.78, 5) is 25.7. The van der Waals surface area contributed by atoms with Gasteiger partial charge in [-0.25, -0.2) is 19.3 Å². The third kappa shape index (κ3) is 2.86. The molecule has 2 aromatic heterocycles. The van der Waals surface area contributed by atoms with Crippen molar-refractivity contribution in [1.29, 1.82) is 0 Å². The fraction of sp³-hybridized carbons (Fsp3) is 0.364. The fourth-order valence-corrected chi connectivity index (χ4v) is 4.81. The predicted octanol–water partition coefficient (Wildman–Crippen LogP) is 0.436. The van der Waals surface area contributed by atoms with E-state index in [9.17, 15) is 19.4 Å². The van der Waals surface area contributed by atoms with Gasteiger partial charge in [-0.2, -0.15) is 0 Å². The van der Waals surface area contributed by atoms with E-state index in [1.807, 2.05) is 0 Å². The number of hydrogen-bond acceptors (Lipinski definition) is 7. The first kappa shape index (κ1) is 20.4. The van der Waals surface area contributed by atoms with E-state index < -0.39 is 23.7 Å². The highest BCUT2D eigenvalue weighted by molar-refractivity contribution is 5.88. The molecule has 2 fully saturated rings. The van der Waals surface area contributed by atoms with Gasteiger partial charge in [0.05, 0.1) is 23.9 Å². The Morgan fingerprint density at radius 2 is 1.97 bits per heavy atom. The van der Waals surface area contributed by atoms with Gasteiger partial charge >= 0.3 is 0 Å². The highest BCUT2D eigenvalue weighted by Crippen LogP contribution is 2.67. The molecule has 0 saturated heterocycles. The summed E-state index contributed by atoms with van der Waals surface area (Å²) in [5, 5.41) is 27.0. The molecule has 1 aromatic carbocycles. The normalized spacial score (nSPS) is 28.0. The molecule has 164 valence electrons.